The third-order valence-corrected chi connectivity index (χ3v) is 0. The zero-order valence-corrected chi connectivity index (χ0v) is 4.71. The molecule has 0 atom stereocenters. The van der Waals surface area contributed by atoms with Crippen LogP contribution >= 0.6 is 0 Å². The van der Waals surface area contributed by atoms with Gasteiger partial charge in [-0.05, 0) is 0 Å². The number of rotatable bonds is 0. The Kier molecular flexibility index (Phi) is 87800. The lowest BCUT2D eigenvalue weighted by Crippen LogP contribution is -0.856. The van der Waals surface area contributed by atoms with Gasteiger partial charge in [0.15, 0.2) is 0 Å². The summed E-state index contributed by atoms with van der Waals surface area (Å²) in [5, 5.41) is 0. The van der Waals surface area contributed by atoms with Crippen molar-refractivity contribution in [2.45, 2.75) is 27.7 Å². The third-order valence-electron chi connectivity index (χ3n) is 0. The van der Waals surface area contributed by atoms with Crippen LogP contribution in [0.15, 0.2) is 0 Å². The van der Waals surface area contributed by atoms with Gasteiger partial charge < -0.3 is 6.15 Å². The summed E-state index contributed by atoms with van der Waals surface area (Å²) < 4.78 is 0. The molecule has 5 heavy (non-hydrogen) atoms. The number of hydrogen-bond donors (Lipinski definition) is 1. The van der Waals surface area contributed by atoms with E-state index in [1.807, 2.05) is 27.7 Å². The molecule has 0 radical (unpaired) electrons. The summed E-state index contributed by atoms with van der Waals surface area (Å²) in [4.78, 5) is 0. The van der Waals surface area contributed by atoms with Gasteiger partial charge in [-0.25, -0.2) is 0 Å². The third kappa shape index (κ3) is 9510. The maximum absolute atomic E-state index is 2.00. The Morgan fingerprint density at radius 3 is 0.800 bits per heavy atom. The van der Waals surface area contributed by atoms with E-state index in [4.69, 9.17) is 0 Å². The molecule has 0 rings (SSSR count). The highest BCUT2D eigenvalue weighted by Gasteiger charge is 0.934. The summed E-state index contributed by atoms with van der Waals surface area (Å²) in [7, 11) is 0. The van der Waals surface area contributed by atoms with Crippen LogP contribution in [0, 0.1) is 0 Å². The average molecular weight is 79.2 g/mol. The number of hydrogen-bond acceptors (Lipinski definition) is 1. The van der Waals surface area contributed by atoms with Crippen molar-refractivity contribution in [2.24, 2.45) is 0 Å². The van der Waals surface area contributed by atoms with Crippen molar-refractivity contribution in [1.82, 2.24) is 6.15 Å². The lowest BCUT2D eigenvalue weighted by atomic mass is 11.0. The first-order valence-electron chi connectivity index (χ1n) is 2.00. The Balaban J connectivity index is -0.00000000500. The van der Waals surface area contributed by atoms with Crippen molar-refractivity contribution in [1.29, 1.82) is 0 Å². The van der Waals surface area contributed by atoms with Crippen LogP contribution in [0.4, 0.5) is 0 Å². The standard InChI is InChI=1S/2C2H6.H3N.H2/c2*1-2;;/h2*1-2H3;1H3;1H. The predicted molar refractivity (Wildman–Crippen MR) is 29.8 cm³/mol. The molecule has 38 valence electrons. The summed E-state index contributed by atoms with van der Waals surface area (Å²) in [6.07, 6.45) is 0. The molecular weight excluding hydrogens is 62.1 g/mol. The normalized spacial score (nSPS) is 2.40. The second-order valence-electron chi connectivity index (χ2n) is 0. The van der Waals surface area contributed by atoms with Crippen LogP contribution in [-0.2, 0) is 0 Å². The summed E-state index contributed by atoms with van der Waals surface area (Å²) in [6.45, 7) is 8.00. The fraction of sp³-hybridized carbons (Fsp3) is 1.00. The predicted octanol–water partition coefficient (Wildman–Crippen LogP) is 2.46. The first kappa shape index (κ1) is 20.2. The highest BCUT2D eigenvalue weighted by Crippen LogP contribution is 1.15. The first-order chi connectivity index (χ1) is 2.00. The molecule has 0 aromatic carbocycles. The van der Waals surface area contributed by atoms with E-state index in [0.717, 1.165) is 0 Å². The monoisotopic (exact) mass is 79.1 g/mol. The molecule has 0 spiro atoms. The van der Waals surface area contributed by atoms with E-state index in [1.165, 1.54) is 0 Å². The zero-order chi connectivity index (χ0) is 4.00. The Bertz CT molecular complexity index is 7.51. The summed E-state index contributed by atoms with van der Waals surface area (Å²) in [5.41, 5.74) is 0. The molecule has 0 fully saturated rings. The van der Waals surface area contributed by atoms with Crippen molar-refractivity contribution in [2.75, 3.05) is 0 Å². The molecule has 0 bridgehead atoms. The Hall–Kier alpha value is -0.0400. The second-order valence-corrected chi connectivity index (χ2v) is 0. The minimum Gasteiger partial charge on any atom is -0.344 e. The molecular formula is C4H17N. The molecule has 0 aliphatic carbocycles. The van der Waals surface area contributed by atoms with Gasteiger partial charge in [-0.3, -0.25) is 0 Å². The topological polar surface area (TPSA) is 35.0 Å². The lowest BCUT2D eigenvalue weighted by molar-refractivity contribution is 1.50. The van der Waals surface area contributed by atoms with Crippen molar-refractivity contribution in [3.63, 3.8) is 0 Å². The van der Waals surface area contributed by atoms with Crippen LogP contribution in [0.25, 0.3) is 0 Å². The van der Waals surface area contributed by atoms with Crippen molar-refractivity contribution < 1.29 is 1.43 Å². The zero-order valence-electron chi connectivity index (χ0n) is 4.71. The average Bonchev–Trinajstić information content (AvgIpc) is 1.50. The maximum atomic E-state index is 2.00. The highest BCUT2D eigenvalue weighted by molar-refractivity contribution is 3.51. The van der Waals surface area contributed by atoms with E-state index < -0.39 is 0 Å². The lowest BCUT2D eigenvalue weighted by Gasteiger charge is -1.07. The van der Waals surface area contributed by atoms with Gasteiger partial charge in [-0.2, -0.15) is 0 Å². The molecule has 0 unspecified atom stereocenters. The molecule has 3 N–H and O–H groups in total. The molecule has 1 heteroatoms. The van der Waals surface area contributed by atoms with Crippen LogP contribution in [0.5, 0.6) is 0 Å². The van der Waals surface area contributed by atoms with Gasteiger partial charge in [0.05, 0.1) is 0 Å². The fourth-order valence-corrected chi connectivity index (χ4v) is 0. The maximum Gasteiger partial charge on any atom is 0 e. The minimum absolute atomic E-state index is 0. The summed E-state index contributed by atoms with van der Waals surface area (Å²) in [5.74, 6) is 0. The van der Waals surface area contributed by atoms with Crippen LogP contribution < -0.4 is 6.15 Å². The van der Waals surface area contributed by atoms with Gasteiger partial charge >= 0.3 is 0 Å². The van der Waals surface area contributed by atoms with E-state index in [9.17, 15) is 0 Å². The van der Waals surface area contributed by atoms with E-state index >= 15 is 0 Å². The van der Waals surface area contributed by atoms with Crippen LogP contribution in [0.2, 0.25) is 0 Å². The van der Waals surface area contributed by atoms with Crippen LogP contribution in [0.1, 0.15) is 29.1 Å². The molecule has 0 heterocycles. The summed E-state index contributed by atoms with van der Waals surface area (Å²) in [6, 6.07) is 0. The second kappa shape index (κ2) is 21700. The first-order valence-corrected chi connectivity index (χ1v) is 2.00. The minimum atomic E-state index is 0. The van der Waals surface area contributed by atoms with E-state index in [-0.39, 0.29) is 7.58 Å². The van der Waals surface area contributed by atoms with Crippen LogP contribution in [-0.4, -0.2) is 0 Å². The van der Waals surface area contributed by atoms with Gasteiger partial charge in [0.2, 0.25) is 0 Å². The van der Waals surface area contributed by atoms with E-state index in [2.05, 4.69) is 0 Å². The quantitative estimate of drug-likeness (QED) is 0.475. The van der Waals surface area contributed by atoms with Gasteiger partial charge in [0.1, 0.15) is 0 Å². The van der Waals surface area contributed by atoms with E-state index in [0.29, 0.717) is 0 Å². The fourth-order valence-electron chi connectivity index (χ4n) is 0. The van der Waals surface area contributed by atoms with Crippen molar-refractivity contribution in [3.8, 4) is 0 Å². The van der Waals surface area contributed by atoms with Gasteiger partial charge in [-0.1, -0.05) is 27.7 Å². The van der Waals surface area contributed by atoms with Crippen molar-refractivity contribution in [3.05, 3.63) is 0 Å². The van der Waals surface area contributed by atoms with Gasteiger partial charge in [-0.15, -0.1) is 0 Å². The Morgan fingerprint density at radius 2 is 0.800 bits per heavy atom. The highest BCUT2D eigenvalue weighted by atomic mass is 14.0. The molecule has 0 aliphatic heterocycles. The Labute approximate surface area is 36.5 Å². The molecule has 1 nitrogen and oxygen atoms in total. The van der Waals surface area contributed by atoms with Crippen molar-refractivity contribution >= 4 is 0 Å². The smallest absolute Gasteiger partial charge is 0 e. The molecule has 0 aromatic rings. The Morgan fingerprint density at radius 1 is 0.800 bits per heavy atom. The SMILES string of the molecule is CC.CC.N.[HH]. The van der Waals surface area contributed by atoms with Gasteiger partial charge in [0, 0.05) is 1.43 Å². The molecule has 0 aliphatic rings. The largest absolute Gasteiger partial charge is 0.344 e. The van der Waals surface area contributed by atoms with Crippen LogP contribution in [0.3, 0.4) is 0 Å². The molecule has 0 saturated heterocycles. The molecule has 0 amide bonds. The van der Waals surface area contributed by atoms with E-state index in [1.54, 1.807) is 0 Å². The molecule has 0 saturated carbocycles. The molecule has 0 aromatic heterocycles. The van der Waals surface area contributed by atoms with Gasteiger partial charge in [0.25, 0.3) is 0 Å². The summed E-state index contributed by atoms with van der Waals surface area (Å²) >= 11 is 0.